The van der Waals surface area contributed by atoms with Crippen LogP contribution in [0.2, 0.25) is 0 Å². The molecule has 86 valence electrons. The van der Waals surface area contributed by atoms with Crippen molar-refractivity contribution in [1.29, 1.82) is 0 Å². The van der Waals surface area contributed by atoms with E-state index in [0.29, 0.717) is 5.56 Å². The van der Waals surface area contributed by atoms with Crippen LogP contribution in [0.5, 0.6) is 5.75 Å². The number of aromatic hydroxyl groups is 1. The Bertz CT molecular complexity index is 432. The second-order valence-electron chi connectivity index (χ2n) is 3.80. The van der Waals surface area contributed by atoms with E-state index in [-0.39, 0.29) is 17.2 Å². The second-order valence-corrected chi connectivity index (χ2v) is 4.41. The van der Waals surface area contributed by atoms with E-state index in [1.165, 1.54) is 6.07 Å². The highest BCUT2D eigenvalue weighted by molar-refractivity contribution is 7.97. The largest absolute Gasteiger partial charge is 0.508 e. The van der Waals surface area contributed by atoms with Crippen LogP contribution in [0.4, 0.5) is 4.39 Å². The lowest BCUT2D eigenvalue weighted by Gasteiger charge is -2.07. The van der Waals surface area contributed by atoms with Gasteiger partial charge in [-0.05, 0) is 30.4 Å². The highest BCUT2D eigenvalue weighted by atomic mass is 32.2. The van der Waals surface area contributed by atoms with Gasteiger partial charge in [0.1, 0.15) is 11.6 Å². The number of carbonyl (C=O) groups excluding carboxylic acids is 1. The molecule has 0 saturated heterocycles. The van der Waals surface area contributed by atoms with Gasteiger partial charge in [0.05, 0.1) is 5.56 Å². The third-order valence-electron chi connectivity index (χ3n) is 2.57. The smallest absolute Gasteiger partial charge is 0.264 e. The summed E-state index contributed by atoms with van der Waals surface area (Å²) in [5.74, 6) is -0.928. The van der Waals surface area contributed by atoms with Gasteiger partial charge in [-0.2, -0.15) is 0 Å². The number of amides is 1. The number of nitrogens with one attached hydrogen (secondary N) is 1. The lowest BCUT2D eigenvalue weighted by molar-refractivity contribution is 0.0980. The molecule has 1 fully saturated rings. The number of phenols is 1. The van der Waals surface area contributed by atoms with Crippen LogP contribution in [0.15, 0.2) is 12.1 Å². The summed E-state index contributed by atoms with van der Waals surface area (Å²) < 4.78 is 15.9. The lowest BCUT2D eigenvalue weighted by atomic mass is 10.0. The Hall–Kier alpha value is -1.23. The first-order valence-electron chi connectivity index (χ1n) is 4.99. The summed E-state index contributed by atoms with van der Waals surface area (Å²) in [6, 6.07) is 2.47. The third kappa shape index (κ3) is 2.14. The first-order chi connectivity index (χ1) is 7.63. The van der Waals surface area contributed by atoms with Crippen LogP contribution in [0.25, 0.3) is 0 Å². The summed E-state index contributed by atoms with van der Waals surface area (Å²) in [6.45, 7) is 0. The Labute approximate surface area is 97.2 Å². The summed E-state index contributed by atoms with van der Waals surface area (Å²) in [5.41, 5.74) is 0.668. The van der Waals surface area contributed by atoms with Crippen LogP contribution in [-0.4, -0.2) is 17.3 Å². The van der Waals surface area contributed by atoms with Crippen molar-refractivity contribution < 1.29 is 14.3 Å². The molecule has 5 heteroatoms. The number of rotatable bonds is 3. The van der Waals surface area contributed by atoms with E-state index in [1.807, 2.05) is 0 Å². The summed E-state index contributed by atoms with van der Waals surface area (Å²) in [4.78, 5) is 11.5. The van der Waals surface area contributed by atoms with Crippen molar-refractivity contribution >= 4 is 17.9 Å². The van der Waals surface area contributed by atoms with Crippen molar-refractivity contribution in [3.05, 3.63) is 29.1 Å². The maximum absolute atomic E-state index is 13.5. The van der Waals surface area contributed by atoms with Crippen LogP contribution < -0.4 is 4.72 Å². The molecule has 3 nitrogen and oxygen atoms in total. The Morgan fingerprint density at radius 1 is 1.56 bits per heavy atom. The number of halogens is 1. The van der Waals surface area contributed by atoms with Gasteiger partial charge in [-0.1, -0.05) is 11.9 Å². The molecule has 0 atom stereocenters. The summed E-state index contributed by atoms with van der Waals surface area (Å²) in [5, 5.41) is 9.56. The predicted octanol–water partition coefficient (Wildman–Crippen LogP) is 2.42. The van der Waals surface area contributed by atoms with Crippen LogP contribution in [-0.2, 0) is 0 Å². The van der Waals surface area contributed by atoms with Crippen molar-refractivity contribution in [2.75, 3.05) is 6.26 Å². The molecule has 0 unspecified atom stereocenters. The van der Waals surface area contributed by atoms with E-state index in [2.05, 4.69) is 4.72 Å². The van der Waals surface area contributed by atoms with E-state index in [1.54, 1.807) is 6.26 Å². The maximum atomic E-state index is 13.5. The SMILES string of the molecule is CSNC(=O)c1cc(C2CC2)c(O)cc1F. The standard InChI is InChI=1S/C11H12FNO2S/c1-16-13-11(15)8-4-7(6-2-3-6)10(14)5-9(8)12/h4-6,14H,2-3H2,1H3,(H,13,15). The molecule has 2 rings (SSSR count). The molecule has 1 aromatic rings. The minimum Gasteiger partial charge on any atom is -0.508 e. The molecule has 1 amide bonds. The maximum Gasteiger partial charge on any atom is 0.264 e. The minimum absolute atomic E-state index is 0.00551. The number of phenolic OH excluding ortho intramolecular Hbond substituents is 1. The topological polar surface area (TPSA) is 49.3 Å². The molecule has 0 heterocycles. The van der Waals surface area contributed by atoms with E-state index in [9.17, 15) is 14.3 Å². The molecule has 1 aromatic carbocycles. The fourth-order valence-corrected chi connectivity index (χ4v) is 1.92. The average molecular weight is 241 g/mol. The van der Waals surface area contributed by atoms with Gasteiger partial charge in [0.25, 0.3) is 5.91 Å². The third-order valence-corrected chi connectivity index (χ3v) is 2.96. The predicted molar refractivity (Wildman–Crippen MR) is 61.0 cm³/mol. The zero-order chi connectivity index (χ0) is 11.7. The Balaban J connectivity index is 2.36. The highest BCUT2D eigenvalue weighted by Crippen LogP contribution is 2.44. The van der Waals surface area contributed by atoms with Crippen LogP contribution in [0.3, 0.4) is 0 Å². The number of hydrogen-bond acceptors (Lipinski definition) is 3. The minimum atomic E-state index is -0.687. The van der Waals surface area contributed by atoms with Gasteiger partial charge >= 0.3 is 0 Å². The normalized spacial score (nSPS) is 14.9. The molecule has 1 aliphatic rings. The second kappa shape index (κ2) is 4.33. The van der Waals surface area contributed by atoms with E-state index in [4.69, 9.17) is 0 Å². The van der Waals surface area contributed by atoms with Gasteiger partial charge in [0.2, 0.25) is 0 Å². The molecule has 1 saturated carbocycles. The first-order valence-corrected chi connectivity index (χ1v) is 6.21. The molecule has 0 aromatic heterocycles. The van der Waals surface area contributed by atoms with Crippen molar-refractivity contribution in [3.63, 3.8) is 0 Å². The lowest BCUT2D eigenvalue weighted by Crippen LogP contribution is -2.17. The molecule has 0 radical (unpaired) electrons. The number of hydrogen-bond donors (Lipinski definition) is 2. The fourth-order valence-electron chi connectivity index (χ4n) is 1.62. The fraction of sp³-hybridized carbons (Fsp3) is 0.364. The zero-order valence-electron chi connectivity index (χ0n) is 8.79. The molecule has 1 aliphatic carbocycles. The van der Waals surface area contributed by atoms with Crippen molar-refractivity contribution in [3.8, 4) is 5.75 Å². The molecule has 0 spiro atoms. The van der Waals surface area contributed by atoms with Gasteiger partial charge in [0.15, 0.2) is 0 Å². The van der Waals surface area contributed by atoms with E-state index >= 15 is 0 Å². The van der Waals surface area contributed by atoms with Gasteiger partial charge < -0.3 is 5.11 Å². The van der Waals surface area contributed by atoms with Crippen LogP contribution in [0.1, 0.15) is 34.7 Å². The average Bonchev–Trinajstić information content (AvgIpc) is 3.01. The Morgan fingerprint density at radius 3 is 2.81 bits per heavy atom. The molecular formula is C11H12FNO2S. The van der Waals surface area contributed by atoms with Crippen LogP contribution >= 0.6 is 11.9 Å². The summed E-state index contributed by atoms with van der Waals surface area (Å²) >= 11 is 1.12. The van der Waals surface area contributed by atoms with Gasteiger partial charge in [-0.25, -0.2) is 4.39 Å². The first kappa shape index (κ1) is 11.3. The summed E-state index contributed by atoms with van der Waals surface area (Å²) in [7, 11) is 0. The van der Waals surface area contributed by atoms with Crippen molar-refractivity contribution in [2.45, 2.75) is 18.8 Å². The quantitative estimate of drug-likeness (QED) is 0.799. The number of carbonyl (C=O) groups is 1. The van der Waals surface area contributed by atoms with Crippen LogP contribution in [0, 0.1) is 5.82 Å². The van der Waals surface area contributed by atoms with Gasteiger partial charge in [0, 0.05) is 12.3 Å². The highest BCUT2D eigenvalue weighted by Gasteiger charge is 2.28. The molecule has 16 heavy (non-hydrogen) atoms. The van der Waals surface area contributed by atoms with Crippen molar-refractivity contribution in [1.82, 2.24) is 4.72 Å². The molecule has 2 N–H and O–H groups in total. The molecule has 0 bridgehead atoms. The van der Waals surface area contributed by atoms with Gasteiger partial charge in [-0.3, -0.25) is 9.52 Å². The van der Waals surface area contributed by atoms with E-state index < -0.39 is 11.7 Å². The van der Waals surface area contributed by atoms with E-state index in [0.717, 1.165) is 30.9 Å². The summed E-state index contributed by atoms with van der Waals surface area (Å²) in [6.07, 6.45) is 3.67. The Kier molecular flexibility index (Phi) is 3.05. The molecule has 0 aliphatic heterocycles. The monoisotopic (exact) mass is 241 g/mol. The zero-order valence-corrected chi connectivity index (χ0v) is 9.60. The van der Waals surface area contributed by atoms with Crippen molar-refractivity contribution in [2.24, 2.45) is 0 Å². The number of benzene rings is 1. The van der Waals surface area contributed by atoms with Gasteiger partial charge in [-0.15, -0.1) is 0 Å². The Morgan fingerprint density at radius 2 is 2.25 bits per heavy atom. The molecular weight excluding hydrogens is 229 g/mol.